The van der Waals surface area contributed by atoms with E-state index in [1.54, 1.807) is 42.6 Å². The van der Waals surface area contributed by atoms with E-state index in [4.69, 9.17) is 23.2 Å². The molecule has 0 bridgehead atoms. The lowest BCUT2D eigenvalue weighted by Gasteiger charge is -2.03. The van der Waals surface area contributed by atoms with Gasteiger partial charge in [-0.1, -0.05) is 35.3 Å². The molecule has 0 saturated heterocycles. The zero-order chi connectivity index (χ0) is 19.4. The number of carbonyl (C=O) groups excluding carboxylic acids is 1. The van der Waals surface area contributed by atoms with Gasteiger partial charge in [0.05, 0.1) is 10.7 Å². The van der Waals surface area contributed by atoms with E-state index in [0.717, 1.165) is 5.56 Å². The summed E-state index contributed by atoms with van der Waals surface area (Å²) in [5.74, 6) is -0.0208. The lowest BCUT2D eigenvalue weighted by atomic mass is 10.1. The summed E-state index contributed by atoms with van der Waals surface area (Å²) in [6.45, 7) is 1.51. The molecule has 0 spiro atoms. The largest absolute Gasteiger partial charge is 0.360 e. The van der Waals surface area contributed by atoms with Crippen LogP contribution in [0.15, 0.2) is 54.0 Å². The Bertz CT molecular complexity index is 1080. The predicted molar refractivity (Wildman–Crippen MR) is 111 cm³/mol. The van der Waals surface area contributed by atoms with Crippen molar-refractivity contribution in [2.45, 2.75) is 6.92 Å². The number of nitrogens with one attached hydrogen (secondary N) is 1. The van der Waals surface area contributed by atoms with Crippen LogP contribution in [-0.2, 0) is 0 Å². The molecule has 134 valence electrons. The van der Waals surface area contributed by atoms with Crippen LogP contribution in [0.3, 0.4) is 0 Å². The van der Waals surface area contributed by atoms with Crippen molar-refractivity contribution in [3.8, 4) is 17.3 Å². The van der Waals surface area contributed by atoms with E-state index < -0.39 is 0 Å². The molecule has 3 aromatic rings. The van der Waals surface area contributed by atoms with Gasteiger partial charge in [0.2, 0.25) is 0 Å². The summed E-state index contributed by atoms with van der Waals surface area (Å²) in [6.07, 6.45) is 1.57. The molecule has 2 aromatic carbocycles. The molecule has 0 radical (unpaired) electrons. The van der Waals surface area contributed by atoms with Crippen molar-refractivity contribution in [1.82, 2.24) is 4.98 Å². The first-order chi connectivity index (χ1) is 13.0. The first-order valence-corrected chi connectivity index (χ1v) is 9.50. The van der Waals surface area contributed by atoms with Crippen molar-refractivity contribution in [2.24, 2.45) is 0 Å². The molecule has 0 amide bonds. The van der Waals surface area contributed by atoms with Crippen LogP contribution in [-0.4, -0.2) is 10.8 Å². The highest BCUT2D eigenvalue weighted by molar-refractivity contribution is 7.11. The maximum absolute atomic E-state index is 11.5. The number of ketones is 1. The number of thiazole rings is 1. The minimum Gasteiger partial charge on any atom is -0.360 e. The smallest absolute Gasteiger partial charge is 0.159 e. The quantitative estimate of drug-likeness (QED) is 0.393. The van der Waals surface area contributed by atoms with E-state index in [-0.39, 0.29) is 5.78 Å². The van der Waals surface area contributed by atoms with Crippen LogP contribution >= 0.6 is 34.5 Å². The van der Waals surface area contributed by atoms with E-state index in [0.29, 0.717) is 37.6 Å². The van der Waals surface area contributed by atoms with Crippen molar-refractivity contribution in [1.29, 1.82) is 5.26 Å². The van der Waals surface area contributed by atoms with Crippen LogP contribution in [0, 0.1) is 11.3 Å². The molecule has 7 heteroatoms. The van der Waals surface area contributed by atoms with Crippen LogP contribution in [0.25, 0.3) is 16.8 Å². The Hall–Kier alpha value is -2.65. The molecular weight excluding hydrogens is 401 g/mol. The van der Waals surface area contributed by atoms with Crippen LogP contribution in [0.5, 0.6) is 0 Å². The molecule has 0 aliphatic carbocycles. The molecule has 1 heterocycles. The second-order valence-corrected chi connectivity index (χ2v) is 7.31. The summed E-state index contributed by atoms with van der Waals surface area (Å²) in [5, 5.41) is 16.0. The molecule has 1 aromatic heterocycles. The lowest BCUT2D eigenvalue weighted by Crippen LogP contribution is -1.95. The van der Waals surface area contributed by atoms with Gasteiger partial charge in [-0.25, -0.2) is 4.98 Å². The number of hydrogen-bond acceptors (Lipinski definition) is 5. The summed E-state index contributed by atoms with van der Waals surface area (Å²) >= 11 is 13.5. The van der Waals surface area contributed by atoms with Crippen LogP contribution in [0.1, 0.15) is 22.3 Å². The summed E-state index contributed by atoms with van der Waals surface area (Å²) in [6, 6.07) is 14.4. The maximum atomic E-state index is 11.5. The van der Waals surface area contributed by atoms with Crippen LogP contribution in [0.2, 0.25) is 10.0 Å². The van der Waals surface area contributed by atoms with E-state index in [1.165, 1.54) is 18.3 Å². The van der Waals surface area contributed by atoms with E-state index in [2.05, 4.69) is 16.4 Å². The highest BCUT2D eigenvalue weighted by atomic mass is 35.5. The van der Waals surface area contributed by atoms with Crippen molar-refractivity contribution < 1.29 is 4.79 Å². The SMILES string of the molecule is CC(=O)c1cccc(N/C=C(/C#N)c2nc(-c3ccc(Cl)cc3Cl)cs2)c1. The number of benzene rings is 2. The average molecular weight is 414 g/mol. The number of anilines is 1. The van der Waals surface area contributed by atoms with Crippen molar-refractivity contribution in [2.75, 3.05) is 5.32 Å². The van der Waals surface area contributed by atoms with Crippen molar-refractivity contribution in [3.05, 3.63) is 74.7 Å². The summed E-state index contributed by atoms with van der Waals surface area (Å²) in [4.78, 5) is 16.0. The third-order valence-corrected chi connectivity index (χ3v) is 5.14. The summed E-state index contributed by atoms with van der Waals surface area (Å²) in [7, 11) is 0. The number of Topliss-reactive ketones (excluding diaryl/α,β-unsaturated/α-hetero) is 1. The van der Waals surface area contributed by atoms with Gasteiger partial charge in [-0.2, -0.15) is 5.26 Å². The minimum absolute atomic E-state index is 0.0208. The minimum atomic E-state index is -0.0208. The Kier molecular flexibility index (Phi) is 5.92. The van der Waals surface area contributed by atoms with Gasteiger partial charge in [-0.05, 0) is 37.3 Å². The second-order valence-electron chi connectivity index (χ2n) is 5.61. The number of allylic oxidation sites excluding steroid dienone is 1. The highest BCUT2D eigenvalue weighted by Crippen LogP contribution is 2.32. The molecule has 0 unspecified atom stereocenters. The number of hydrogen-bond donors (Lipinski definition) is 1. The Morgan fingerprint density at radius 3 is 2.78 bits per heavy atom. The molecule has 3 rings (SSSR count). The fraction of sp³-hybridized carbons (Fsp3) is 0.0500. The molecule has 0 aliphatic heterocycles. The van der Waals surface area contributed by atoms with Crippen molar-refractivity contribution >= 4 is 51.6 Å². The Labute approximate surface area is 170 Å². The summed E-state index contributed by atoms with van der Waals surface area (Å²) < 4.78 is 0. The molecule has 27 heavy (non-hydrogen) atoms. The summed E-state index contributed by atoms with van der Waals surface area (Å²) in [5.41, 5.74) is 3.12. The highest BCUT2D eigenvalue weighted by Gasteiger charge is 2.12. The van der Waals surface area contributed by atoms with E-state index in [9.17, 15) is 10.1 Å². The molecule has 0 fully saturated rings. The van der Waals surface area contributed by atoms with Gasteiger partial charge in [-0.3, -0.25) is 4.79 Å². The Morgan fingerprint density at radius 2 is 2.07 bits per heavy atom. The van der Waals surface area contributed by atoms with Crippen LogP contribution in [0.4, 0.5) is 5.69 Å². The molecule has 0 saturated carbocycles. The fourth-order valence-electron chi connectivity index (χ4n) is 2.34. The molecular formula is C20H13Cl2N3OS. The van der Waals surface area contributed by atoms with Gasteiger partial charge < -0.3 is 5.32 Å². The van der Waals surface area contributed by atoms with Gasteiger partial charge in [0.15, 0.2) is 5.78 Å². The first-order valence-electron chi connectivity index (χ1n) is 7.87. The number of carbonyl (C=O) groups is 1. The monoisotopic (exact) mass is 413 g/mol. The van der Waals surface area contributed by atoms with Gasteiger partial charge in [-0.15, -0.1) is 11.3 Å². The van der Waals surface area contributed by atoms with Crippen LogP contribution < -0.4 is 5.32 Å². The lowest BCUT2D eigenvalue weighted by molar-refractivity contribution is 0.101. The van der Waals surface area contributed by atoms with Gasteiger partial charge >= 0.3 is 0 Å². The zero-order valence-electron chi connectivity index (χ0n) is 14.2. The average Bonchev–Trinajstić information content (AvgIpc) is 3.12. The Balaban J connectivity index is 1.85. The topological polar surface area (TPSA) is 65.8 Å². The zero-order valence-corrected chi connectivity index (χ0v) is 16.5. The molecule has 0 atom stereocenters. The fourth-order valence-corrected chi connectivity index (χ4v) is 3.63. The van der Waals surface area contributed by atoms with Gasteiger partial charge in [0.1, 0.15) is 16.6 Å². The molecule has 4 nitrogen and oxygen atoms in total. The van der Waals surface area contributed by atoms with E-state index in [1.807, 2.05) is 11.4 Å². The maximum Gasteiger partial charge on any atom is 0.159 e. The third kappa shape index (κ3) is 4.55. The third-order valence-electron chi connectivity index (χ3n) is 3.71. The first kappa shape index (κ1) is 19.1. The molecule has 0 aliphatic rings. The molecule has 1 N–H and O–H groups in total. The number of halogens is 2. The number of nitrogens with zero attached hydrogens (tertiary/aromatic N) is 2. The van der Waals surface area contributed by atoms with E-state index >= 15 is 0 Å². The number of aromatic nitrogens is 1. The second kappa shape index (κ2) is 8.36. The normalized spacial score (nSPS) is 11.1. The van der Waals surface area contributed by atoms with Gasteiger partial charge in [0, 0.05) is 33.4 Å². The predicted octanol–water partition coefficient (Wildman–Crippen LogP) is 6.30. The number of rotatable bonds is 5. The number of nitriles is 1. The van der Waals surface area contributed by atoms with Gasteiger partial charge in [0.25, 0.3) is 0 Å². The van der Waals surface area contributed by atoms with Crippen molar-refractivity contribution in [3.63, 3.8) is 0 Å². The Morgan fingerprint density at radius 1 is 1.26 bits per heavy atom. The standard InChI is InChI=1S/C20H13Cl2N3OS/c1-12(26)13-3-2-4-16(7-13)24-10-14(9-23)20-25-19(11-27-20)17-6-5-15(21)8-18(17)22/h2-8,10-11,24H,1H3/b14-10-.